The van der Waals surface area contributed by atoms with Crippen molar-refractivity contribution in [3.63, 3.8) is 0 Å². The summed E-state index contributed by atoms with van der Waals surface area (Å²) in [6.45, 7) is 4.51. The normalized spacial score (nSPS) is 9.53. The van der Waals surface area contributed by atoms with Gasteiger partial charge in [0.2, 0.25) is 0 Å². The van der Waals surface area contributed by atoms with E-state index in [1.54, 1.807) is 19.2 Å². The van der Waals surface area contributed by atoms with Crippen LogP contribution in [0.4, 0.5) is 4.39 Å². The lowest BCUT2D eigenvalue weighted by molar-refractivity contribution is 0.339. The van der Waals surface area contributed by atoms with Crippen LogP contribution in [0.5, 0.6) is 5.75 Å². The van der Waals surface area contributed by atoms with Gasteiger partial charge in [0.1, 0.15) is 0 Å². The number of hydrogen-bond donors (Lipinski definition) is 1. The number of benzene rings is 1. The molecule has 0 aliphatic heterocycles. The zero-order chi connectivity index (χ0) is 11.8. The van der Waals surface area contributed by atoms with E-state index >= 15 is 0 Å². The summed E-state index contributed by atoms with van der Waals surface area (Å²) in [5, 5.41) is 1.49. The Bertz CT molecular complexity index is 290. The highest BCUT2D eigenvalue weighted by atomic mass is 19.1. The zero-order valence-corrected chi connectivity index (χ0v) is 9.75. The van der Waals surface area contributed by atoms with E-state index in [1.807, 2.05) is 13.8 Å². The Morgan fingerprint density at radius 2 is 2.00 bits per heavy atom. The van der Waals surface area contributed by atoms with Crippen molar-refractivity contribution in [1.29, 1.82) is 0 Å². The molecule has 0 saturated carbocycles. The maximum atomic E-state index is 13.1. The van der Waals surface area contributed by atoms with E-state index < -0.39 is 0 Å². The summed E-state index contributed by atoms with van der Waals surface area (Å²) in [5.74, 6) is 5.32. The molecule has 0 heterocycles. The number of methoxy groups -OCH3 is 1. The summed E-state index contributed by atoms with van der Waals surface area (Å²) in [6.07, 6.45) is 0. The molecule has 1 rings (SSSR count). The molecule has 0 aromatic heterocycles. The zero-order valence-electron chi connectivity index (χ0n) is 9.75. The largest absolute Gasteiger partial charge is 0.494 e. The van der Waals surface area contributed by atoms with Gasteiger partial charge in [0.25, 0.3) is 0 Å². The molecular weight excluding hydrogens is 195 g/mol. The third-order valence-corrected chi connectivity index (χ3v) is 1.65. The molecular formula is C11H19FN2O. The summed E-state index contributed by atoms with van der Waals surface area (Å²) in [6, 6.07) is 4.79. The van der Waals surface area contributed by atoms with Gasteiger partial charge >= 0.3 is 0 Å². The molecule has 1 aromatic rings. The first-order valence-corrected chi connectivity index (χ1v) is 4.91. The van der Waals surface area contributed by atoms with Gasteiger partial charge in [-0.15, -0.1) is 0 Å². The summed E-state index contributed by atoms with van der Waals surface area (Å²) in [4.78, 5) is 0. The van der Waals surface area contributed by atoms with Crippen LogP contribution in [0.1, 0.15) is 19.4 Å². The topological polar surface area (TPSA) is 38.5 Å². The summed E-state index contributed by atoms with van der Waals surface area (Å²) in [7, 11) is 3.16. The van der Waals surface area contributed by atoms with Crippen LogP contribution in [0.3, 0.4) is 0 Å². The van der Waals surface area contributed by atoms with Crippen LogP contribution in [-0.4, -0.2) is 19.2 Å². The molecule has 0 spiro atoms. The van der Waals surface area contributed by atoms with Crippen molar-refractivity contribution >= 4 is 0 Å². The Morgan fingerprint density at radius 3 is 2.40 bits per heavy atom. The van der Waals surface area contributed by atoms with E-state index in [-0.39, 0.29) is 11.6 Å². The van der Waals surface area contributed by atoms with E-state index in [9.17, 15) is 4.39 Å². The first-order chi connectivity index (χ1) is 7.13. The number of hydrogen-bond acceptors (Lipinski definition) is 3. The van der Waals surface area contributed by atoms with Crippen molar-refractivity contribution in [1.82, 2.24) is 5.01 Å². The molecule has 0 unspecified atom stereocenters. The molecule has 0 bridgehead atoms. The highest BCUT2D eigenvalue weighted by molar-refractivity contribution is 5.29. The van der Waals surface area contributed by atoms with Gasteiger partial charge in [-0.25, -0.2) is 9.40 Å². The van der Waals surface area contributed by atoms with Gasteiger partial charge in [0.15, 0.2) is 11.6 Å². The van der Waals surface area contributed by atoms with Crippen LogP contribution in [-0.2, 0) is 6.54 Å². The van der Waals surface area contributed by atoms with Crippen molar-refractivity contribution < 1.29 is 9.13 Å². The fourth-order valence-electron chi connectivity index (χ4n) is 1.10. The molecule has 86 valence electrons. The molecule has 3 nitrogen and oxygen atoms in total. The molecule has 1 aromatic carbocycles. The standard InChI is InChI=1S/C9H13FN2O.C2H6/c1-12(11)6-7-3-4-9(13-2)8(10)5-7;1-2/h3-5H,6,11H2,1-2H3;1-2H3. The first kappa shape index (κ1) is 13.9. The average molecular weight is 214 g/mol. The number of rotatable bonds is 3. The van der Waals surface area contributed by atoms with E-state index in [2.05, 4.69) is 0 Å². The minimum absolute atomic E-state index is 0.253. The van der Waals surface area contributed by atoms with Crippen molar-refractivity contribution in [2.75, 3.05) is 14.2 Å². The number of ether oxygens (including phenoxy) is 1. The quantitative estimate of drug-likeness (QED) is 0.619. The predicted molar refractivity (Wildman–Crippen MR) is 60.0 cm³/mol. The Balaban J connectivity index is 0.000000921. The second-order valence-corrected chi connectivity index (χ2v) is 2.88. The predicted octanol–water partition coefficient (Wildman–Crippen LogP) is 2.17. The molecule has 0 fully saturated rings. The summed E-state index contributed by atoms with van der Waals surface area (Å²) >= 11 is 0. The monoisotopic (exact) mass is 214 g/mol. The minimum Gasteiger partial charge on any atom is -0.494 e. The Morgan fingerprint density at radius 1 is 1.40 bits per heavy atom. The average Bonchev–Trinajstić information content (AvgIpc) is 2.20. The van der Waals surface area contributed by atoms with Gasteiger partial charge < -0.3 is 4.74 Å². The lowest BCUT2D eigenvalue weighted by atomic mass is 10.2. The third kappa shape index (κ3) is 4.76. The maximum absolute atomic E-state index is 13.1. The molecule has 15 heavy (non-hydrogen) atoms. The van der Waals surface area contributed by atoms with Crippen molar-refractivity contribution in [3.8, 4) is 5.75 Å². The van der Waals surface area contributed by atoms with Crippen LogP contribution in [0.15, 0.2) is 18.2 Å². The highest BCUT2D eigenvalue weighted by Crippen LogP contribution is 2.17. The molecule has 4 heteroatoms. The molecule has 0 aliphatic rings. The number of halogens is 1. The van der Waals surface area contributed by atoms with Crippen molar-refractivity contribution in [3.05, 3.63) is 29.6 Å². The lowest BCUT2D eigenvalue weighted by Gasteiger charge is -2.10. The number of nitrogens with zero attached hydrogens (tertiary/aromatic N) is 1. The second-order valence-electron chi connectivity index (χ2n) is 2.88. The van der Waals surface area contributed by atoms with Gasteiger partial charge in [-0.05, 0) is 17.7 Å². The second kappa shape index (κ2) is 7.20. The van der Waals surface area contributed by atoms with Crippen LogP contribution in [0, 0.1) is 5.82 Å². The smallest absolute Gasteiger partial charge is 0.165 e. The third-order valence-electron chi connectivity index (χ3n) is 1.65. The van der Waals surface area contributed by atoms with Crippen LogP contribution in [0.2, 0.25) is 0 Å². The summed E-state index contributed by atoms with van der Waals surface area (Å²) in [5.41, 5.74) is 0.823. The summed E-state index contributed by atoms with van der Waals surface area (Å²) < 4.78 is 17.9. The maximum Gasteiger partial charge on any atom is 0.165 e. The van der Waals surface area contributed by atoms with E-state index in [0.717, 1.165) is 5.56 Å². The lowest BCUT2D eigenvalue weighted by Crippen LogP contribution is -2.25. The Labute approximate surface area is 90.6 Å². The molecule has 0 saturated heterocycles. The molecule has 0 aliphatic carbocycles. The fourth-order valence-corrected chi connectivity index (χ4v) is 1.10. The van der Waals surface area contributed by atoms with Gasteiger partial charge in [-0.1, -0.05) is 19.9 Å². The molecule has 2 N–H and O–H groups in total. The van der Waals surface area contributed by atoms with Gasteiger partial charge in [0, 0.05) is 13.6 Å². The van der Waals surface area contributed by atoms with Gasteiger partial charge in [-0.2, -0.15) is 0 Å². The first-order valence-electron chi connectivity index (χ1n) is 4.91. The minimum atomic E-state index is -0.359. The fraction of sp³-hybridized carbons (Fsp3) is 0.455. The van der Waals surface area contributed by atoms with E-state index in [0.29, 0.717) is 6.54 Å². The van der Waals surface area contributed by atoms with Gasteiger partial charge in [-0.3, -0.25) is 5.84 Å². The van der Waals surface area contributed by atoms with Crippen molar-refractivity contribution in [2.45, 2.75) is 20.4 Å². The highest BCUT2D eigenvalue weighted by Gasteiger charge is 2.03. The van der Waals surface area contributed by atoms with Crippen LogP contribution in [0.25, 0.3) is 0 Å². The molecule has 0 amide bonds. The van der Waals surface area contributed by atoms with Crippen LogP contribution < -0.4 is 10.6 Å². The number of nitrogens with two attached hydrogens (primary N) is 1. The van der Waals surface area contributed by atoms with Gasteiger partial charge in [0.05, 0.1) is 7.11 Å². The number of hydrazine groups is 1. The molecule has 0 atom stereocenters. The van der Waals surface area contributed by atoms with E-state index in [4.69, 9.17) is 10.6 Å². The SMILES string of the molecule is CC.COc1ccc(CN(C)N)cc1F. The Hall–Kier alpha value is -1.13. The van der Waals surface area contributed by atoms with E-state index in [1.165, 1.54) is 18.2 Å². The van der Waals surface area contributed by atoms with Crippen molar-refractivity contribution in [2.24, 2.45) is 5.84 Å². The molecule has 0 radical (unpaired) electrons. The van der Waals surface area contributed by atoms with Crippen LogP contribution >= 0.6 is 0 Å². The Kier molecular flexibility index (Phi) is 6.66.